The average Bonchev–Trinajstić information content (AvgIpc) is 1.83. The van der Waals surface area contributed by atoms with Gasteiger partial charge in [0.2, 0.25) is 0 Å². The van der Waals surface area contributed by atoms with Crippen LogP contribution in [0, 0.1) is 0 Å². The molecule has 0 aromatic carbocycles. The molecule has 0 rings (SSSR count). The molecule has 4 nitrogen and oxygen atoms in total. The lowest BCUT2D eigenvalue weighted by atomic mass is 10.3. The van der Waals surface area contributed by atoms with Gasteiger partial charge in [0.25, 0.3) is 0 Å². The van der Waals surface area contributed by atoms with Gasteiger partial charge in [0.05, 0.1) is 19.3 Å². The Bertz CT molecular complexity index is 62.3. The van der Waals surface area contributed by atoms with Crippen LogP contribution in [0.3, 0.4) is 0 Å². The highest BCUT2D eigenvalue weighted by Crippen LogP contribution is 1.73. The lowest BCUT2D eigenvalue weighted by Crippen LogP contribution is -2.34. The van der Waals surface area contributed by atoms with Gasteiger partial charge in [0.15, 0.2) is 0 Å². The molecular weight excluding hydrogens is 110 g/mol. The summed E-state index contributed by atoms with van der Waals surface area (Å²) in [7, 11) is 0. The van der Waals surface area contributed by atoms with Crippen LogP contribution in [0.4, 0.5) is 0 Å². The Labute approximate surface area is 47.1 Å². The minimum absolute atomic E-state index is 0.258. The van der Waals surface area contributed by atoms with Crippen LogP contribution in [0.2, 0.25) is 0 Å². The van der Waals surface area contributed by atoms with Crippen LogP contribution in [0.1, 0.15) is 0 Å². The van der Waals surface area contributed by atoms with E-state index in [9.17, 15) is 4.79 Å². The van der Waals surface area contributed by atoms with Gasteiger partial charge < -0.3 is 15.5 Å². The molecule has 1 amide bonds. The molecule has 0 aromatic heterocycles. The first-order chi connectivity index (χ1) is 3.85. The fraction of sp³-hybridized carbons (Fsp3) is 0.750. The summed E-state index contributed by atoms with van der Waals surface area (Å²) in [6, 6.07) is -0.563. The van der Waals surface area contributed by atoms with Crippen LogP contribution in [-0.4, -0.2) is 35.9 Å². The van der Waals surface area contributed by atoms with Crippen molar-refractivity contribution in [2.24, 2.45) is 0 Å². The summed E-state index contributed by atoms with van der Waals surface area (Å²) in [6.45, 7) is -0.516. The number of amides is 1. The summed E-state index contributed by atoms with van der Waals surface area (Å²) in [5, 5.41) is 18.6. The Hall–Kier alpha value is -0.610. The number of carbonyl (C=O) groups excluding carboxylic acids is 1. The lowest BCUT2D eigenvalue weighted by Gasteiger charge is -2.05. The van der Waals surface area contributed by atoms with Gasteiger partial charge in [-0.1, -0.05) is 0 Å². The van der Waals surface area contributed by atoms with Gasteiger partial charge in [-0.3, -0.25) is 4.79 Å². The Kier molecular flexibility index (Phi) is 4.20. The van der Waals surface area contributed by atoms with Gasteiger partial charge in [-0.2, -0.15) is 0 Å². The maximum absolute atomic E-state index is 9.47. The number of aliphatic hydroxyl groups is 2. The quantitative estimate of drug-likeness (QED) is 0.374. The maximum Gasteiger partial charge on any atom is 0.309 e. The highest BCUT2D eigenvalue weighted by atomic mass is 16.3. The normalized spacial score (nSPS) is 9.38. The van der Waals surface area contributed by atoms with Gasteiger partial charge in [0.1, 0.15) is 0 Å². The number of nitrogens with one attached hydrogen (secondary N) is 1. The van der Waals surface area contributed by atoms with Crippen molar-refractivity contribution in [2.45, 2.75) is 6.04 Å². The molecule has 8 heavy (non-hydrogen) atoms. The van der Waals surface area contributed by atoms with Gasteiger partial charge in [-0.25, -0.2) is 0 Å². The molecule has 0 aliphatic rings. The highest BCUT2D eigenvalue weighted by Gasteiger charge is 2.00. The molecule has 0 heterocycles. The molecule has 0 aliphatic carbocycles. The van der Waals surface area contributed by atoms with E-state index in [0.29, 0.717) is 0 Å². The van der Waals surface area contributed by atoms with Crippen molar-refractivity contribution in [3.63, 3.8) is 0 Å². The molecule has 0 saturated heterocycles. The molecule has 0 atom stereocenters. The minimum atomic E-state index is -0.563. The van der Waals surface area contributed by atoms with Gasteiger partial charge >= 0.3 is 6.41 Å². The molecule has 47 valence electrons. The highest BCUT2D eigenvalue weighted by molar-refractivity contribution is 5.47. The first kappa shape index (κ1) is 7.39. The largest absolute Gasteiger partial charge is 0.394 e. The molecule has 0 bridgehead atoms. The van der Waals surface area contributed by atoms with Crippen LogP contribution in [0.15, 0.2) is 0 Å². The second-order valence-corrected chi connectivity index (χ2v) is 1.31. The Morgan fingerprint density at radius 1 is 1.50 bits per heavy atom. The summed E-state index contributed by atoms with van der Waals surface area (Å²) >= 11 is 0. The van der Waals surface area contributed by atoms with E-state index >= 15 is 0 Å². The Balaban J connectivity index is 3.20. The molecule has 0 fully saturated rings. The average molecular weight is 118 g/mol. The van der Waals surface area contributed by atoms with Crippen molar-refractivity contribution in [3.8, 4) is 0 Å². The van der Waals surface area contributed by atoms with Crippen LogP contribution >= 0.6 is 0 Å². The second-order valence-electron chi connectivity index (χ2n) is 1.31. The lowest BCUT2D eigenvalue weighted by molar-refractivity contribution is 0.182. The topological polar surface area (TPSA) is 69.6 Å². The summed E-state index contributed by atoms with van der Waals surface area (Å²) in [5.41, 5.74) is 0. The van der Waals surface area contributed by atoms with E-state index in [4.69, 9.17) is 10.2 Å². The third-order valence-electron chi connectivity index (χ3n) is 0.704. The number of hydrogen-bond donors (Lipinski definition) is 3. The van der Waals surface area contributed by atoms with E-state index in [-0.39, 0.29) is 13.2 Å². The van der Waals surface area contributed by atoms with Gasteiger partial charge in [-0.15, -0.1) is 0 Å². The molecule has 0 aliphatic heterocycles. The van der Waals surface area contributed by atoms with E-state index in [1.54, 1.807) is 0 Å². The molecule has 4 heteroatoms. The predicted molar refractivity (Wildman–Crippen MR) is 26.8 cm³/mol. The molecule has 0 aromatic rings. The van der Waals surface area contributed by atoms with Crippen molar-refractivity contribution < 1.29 is 15.0 Å². The fourth-order valence-corrected chi connectivity index (χ4v) is 0.232. The number of aliphatic hydroxyl groups excluding tert-OH is 2. The van der Waals surface area contributed by atoms with E-state index in [1.807, 2.05) is 0 Å². The van der Waals surface area contributed by atoms with Gasteiger partial charge in [-0.05, 0) is 0 Å². The molecule has 0 saturated carbocycles. The third kappa shape index (κ3) is 2.54. The summed E-state index contributed by atoms with van der Waals surface area (Å²) in [6.07, 6.45) is 1.35. The number of hydrogen-bond acceptors (Lipinski definition) is 3. The van der Waals surface area contributed by atoms with Crippen molar-refractivity contribution in [2.75, 3.05) is 13.2 Å². The van der Waals surface area contributed by atoms with Crippen molar-refractivity contribution >= 4 is 6.41 Å². The summed E-state index contributed by atoms with van der Waals surface area (Å²) in [5.74, 6) is 0. The van der Waals surface area contributed by atoms with Crippen molar-refractivity contribution in [1.29, 1.82) is 0 Å². The Morgan fingerprint density at radius 3 is 2.12 bits per heavy atom. The van der Waals surface area contributed by atoms with Gasteiger partial charge in [0, 0.05) is 0 Å². The molecule has 1 radical (unpaired) electrons. The summed E-state index contributed by atoms with van der Waals surface area (Å²) < 4.78 is 0. The smallest absolute Gasteiger partial charge is 0.309 e. The van der Waals surface area contributed by atoms with Crippen LogP contribution < -0.4 is 5.32 Å². The van der Waals surface area contributed by atoms with Crippen molar-refractivity contribution in [3.05, 3.63) is 0 Å². The fourth-order valence-electron chi connectivity index (χ4n) is 0.232. The predicted octanol–water partition coefficient (Wildman–Crippen LogP) is -2.00. The first-order valence-corrected chi connectivity index (χ1v) is 2.19. The summed E-state index contributed by atoms with van der Waals surface area (Å²) in [4.78, 5) is 9.47. The number of rotatable bonds is 4. The SMILES string of the molecule is O=[C]NC(CO)CO. The van der Waals surface area contributed by atoms with Crippen LogP contribution in [0.25, 0.3) is 0 Å². The second kappa shape index (κ2) is 4.55. The standard InChI is InChI=1S/C4H8NO3/c6-1-4(2-7)5-3-8/h4,6-7H,1-2H2,(H,5,8). The van der Waals surface area contributed by atoms with Crippen LogP contribution in [-0.2, 0) is 4.79 Å². The first-order valence-electron chi connectivity index (χ1n) is 2.19. The monoisotopic (exact) mass is 118 g/mol. The third-order valence-corrected chi connectivity index (χ3v) is 0.704. The Morgan fingerprint density at radius 2 is 2.00 bits per heavy atom. The molecule has 0 unspecified atom stereocenters. The zero-order valence-corrected chi connectivity index (χ0v) is 4.29. The van der Waals surface area contributed by atoms with E-state index in [2.05, 4.69) is 5.32 Å². The van der Waals surface area contributed by atoms with Crippen LogP contribution in [0.5, 0.6) is 0 Å². The van der Waals surface area contributed by atoms with E-state index in [1.165, 1.54) is 6.41 Å². The molecule has 0 spiro atoms. The van der Waals surface area contributed by atoms with E-state index < -0.39 is 6.04 Å². The zero-order valence-electron chi connectivity index (χ0n) is 4.29. The maximum atomic E-state index is 9.47. The minimum Gasteiger partial charge on any atom is -0.394 e. The van der Waals surface area contributed by atoms with Crippen molar-refractivity contribution in [1.82, 2.24) is 5.32 Å². The zero-order chi connectivity index (χ0) is 6.41. The molecular formula is C4H8NO3. The van der Waals surface area contributed by atoms with E-state index in [0.717, 1.165) is 0 Å². The molecule has 3 N–H and O–H groups in total.